The lowest BCUT2D eigenvalue weighted by molar-refractivity contribution is -0.142. The van der Waals surface area contributed by atoms with Gasteiger partial charge in [-0.05, 0) is 24.6 Å². The van der Waals surface area contributed by atoms with Crippen molar-refractivity contribution >= 4 is 18.4 Å². The first kappa shape index (κ1) is 11.9. The summed E-state index contributed by atoms with van der Waals surface area (Å²) in [7, 11) is 0. The highest BCUT2D eigenvalue weighted by molar-refractivity contribution is 5.85. The van der Waals surface area contributed by atoms with E-state index in [4.69, 9.17) is 4.74 Å². The van der Waals surface area contributed by atoms with E-state index < -0.39 is 0 Å². The number of rotatable bonds is 3. The quantitative estimate of drug-likeness (QED) is 0.698. The van der Waals surface area contributed by atoms with Crippen molar-refractivity contribution in [1.29, 1.82) is 0 Å². The van der Waals surface area contributed by atoms with E-state index in [1.807, 2.05) is 0 Å². The molecule has 0 unspecified atom stereocenters. The van der Waals surface area contributed by atoms with Gasteiger partial charge in [0.25, 0.3) is 0 Å². The van der Waals surface area contributed by atoms with Gasteiger partial charge in [-0.1, -0.05) is 0 Å². The maximum absolute atomic E-state index is 11.0. The molecule has 1 rings (SSSR count). The molecule has 1 aromatic rings. The maximum atomic E-state index is 11.0. The van der Waals surface area contributed by atoms with Crippen LogP contribution in [0.15, 0.2) is 24.5 Å². The highest BCUT2D eigenvalue weighted by atomic mass is 35.5. The Bertz CT molecular complexity index is 251. The van der Waals surface area contributed by atoms with Crippen molar-refractivity contribution in [3.8, 4) is 0 Å². The zero-order valence-corrected chi connectivity index (χ0v) is 8.21. The molecule has 0 aromatic carbocycles. The Hall–Kier alpha value is -1.09. The van der Waals surface area contributed by atoms with Crippen LogP contribution < -0.4 is 0 Å². The van der Waals surface area contributed by atoms with Gasteiger partial charge in [0.2, 0.25) is 0 Å². The Kier molecular flexibility index (Phi) is 5.89. The number of halogens is 1. The topological polar surface area (TPSA) is 39.2 Å². The summed E-state index contributed by atoms with van der Waals surface area (Å²) in [5.41, 5.74) is 0.934. The summed E-state index contributed by atoms with van der Waals surface area (Å²) in [6.45, 7) is 2.23. The zero-order chi connectivity index (χ0) is 8.81. The molecule has 0 atom stereocenters. The Balaban J connectivity index is 0.00000144. The van der Waals surface area contributed by atoms with Crippen LogP contribution in [0.5, 0.6) is 0 Å². The molecule has 0 radical (unpaired) electrons. The fourth-order valence-corrected chi connectivity index (χ4v) is 0.879. The summed E-state index contributed by atoms with van der Waals surface area (Å²) >= 11 is 0. The Morgan fingerprint density at radius 1 is 1.46 bits per heavy atom. The van der Waals surface area contributed by atoms with Gasteiger partial charge in [-0.2, -0.15) is 0 Å². The molecule has 0 bridgehead atoms. The lowest BCUT2D eigenvalue weighted by atomic mass is 10.2. The highest BCUT2D eigenvalue weighted by Gasteiger charge is 2.01. The minimum Gasteiger partial charge on any atom is -0.466 e. The third-order valence-electron chi connectivity index (χ3n) is 1.40. The summed E-state index contributed by atoms with van der Waals surface area (Å²) < 4.78 is 4.79. The van der Waals surface area contributed by atoms with Crippen LogP contribution in [0.3, 0.4) is 0 Å². The van der Waals surface area contributed by atoms with Gasteiger partial charge in [0.05, 0.1) is 13.0 Å². The van der Waals surface area contributed by atoms with Crippen LogP contribution in [0, 0.1) is 0 Å². The Morgan fingerprint density at radius 2 is 2.08 bits per heavy atom. The van der Waals surface area contributed by atoms with Crippen LogP contribution in [0.4, 0.5) is 0 Å². The lowest BCUT2D eigenvalue weighted by Crippen LogP contribution is -2.07. The molecule has 0 spiro atoms. The van der Waals surface area contributed by atoms with Gasteiger partial charge in [0.1, 0.15) is 0 Å². The molecule has 0 aliphatic rings. The van der Waals surface area contributed by atoms with E-state index in [0.717, 1.165) is 5.56 Å². The van der Waals surface area contributed by atoms with E-state index in [-0.39, 0.29) is 18.4 Å². The normalized spacial score (nSPS) is 8.69. The number of ether oxygens (including phenoxy) is 1. The largest absolute Gasteiger partial charge is 0.466 e. The predicted octanol–water partition coefficient (Wildman–Crippen LogP) is 1.61. The first-order chi connectivity index (χ1) is 5.83. The van der Waals surface area contributed by atoms with Crippen LogP contribution in [0.25, 0.3) is 0 Å². The minimum absolute atomic E-state index is 0. The molecule has 0 N–H and O–H groups in total. The summed E-state index contributed by atoms with van der Waals surface area (Å²) in [5, 5.41) is 0. The van der Waals surface area contributed by atoms with Gasteiger partial charge in [-0.15, -0.1) is 12.4 Å². The number of pyridine rings is 1. The van der Waals surface area contributed by atoms with Gasteiger partial charge in [0.15, 0.2) is 0 Å². The number of hydrogen-bond donors (Lipinski definition) is 0. The molecule has 13 heavy (non-hydrogen) atoms. The SMILES string of the molecule is CCOC(=O)Cc1ccncc1.Cl. The van der Waals surface area contributed by atoms with Gasteiger partial charge in [-0.25, -0.2) is 0 Å². The average Bonchev–Trinajstić information content (AvgIpc) is 2.06. The summed E-state index contributed by atoms with van der Waals surface area (Å²) in [5.74, 6) is -0.191. The van der Waals surface area contributed by atoms with E-state index in [2.05, 4.69) is 4.98 Å². The fourth-order valence-electron chi connectivity index (χ4n) is 0.879. The number of carbonyl (C=O) groups is 1. The van der Waals surface area contributed by atoms with Crippen LogP contribution in [-0.4, -0.2) is 17.6 Å². The van der Waals surface area contributed by atoms with E-state index in [1.165, 1.54) is 0 Å². The number of esters is 1. The molecule has 0 fully saturated rings. The molecule has 3 nitrogen and oxygen atoms in total. The molecule has 0 saturated heterocycles. The zero-order valence-electron chi connectivity index (χ0n) is 7.40. The predicted molar refractivity (Wildman–Crippen MR) is 51.8 cm³/mol. The monoisotopic (exact) mass is 201 g/mol. The van der Waals surface area contributed by atoms with Crippen molar-refractivity contribution in [3.05, 3.63) is 30.1 Å². The van der Waals surface area contributed by atoms with E-state index in [1.54, 1.807) is 31.5 Å². The van der Waals surface area contributed by atoms with E-state index in [9.17, 15) is 4.79 Å². The van der Waals surface area contributed by atoms with E-state index in [0.29, 0.717) is 13.0 Å². The average molecular weight is 202 g/mol. The number of nitrogens with zero attached hydrogens (tertiary/aromatic N) is 1. The molecule has 1 heterocycles. The number of hydrogen-bond acceptors (Lipinski definition) is 3. The van der Waals surface area contributed by atoms with Gasteiger partial charge in [-0.3, -0.25) is 9.78 Å². The Labute approximate surface area is 83.5 Å². The van der Waals surface area contributed by atoms with Crippen LogP contribution in [-0.2, 0) is 16.0 Å². The maximum Gasteiger partial charge on any atom is 0.310 e. The summed E-state index contributed by atoms with van der Waals surface area (Å²) in [6, 6.07) is 3.60. The first-order valence-electron chi connectivity index (χ1n) is 3.87. The highest BCUT2D eigenvalue weighted by Crippen LogP contribution is 1.98. The molecule has 0 amide bonds. The second-order valence-electron chi connectivity index (χ2n) is 2.34. The van der Waals surface area contributed by atoms with Crippen molar-refractivity contribution < 1.29 is 9.53 Å². The van der Waals surface area contributed by atoms with Crippen LogP contribution in [0.2, 0.25) is 0 Å². The molecule has 72 valence electrons. The molecule has 0 aliphatic carbocycles. The molecular weight excluding hydrogens is 190 g/mol. The third kappa shape index (κ3) is 4.48. The van der Waals surface area contributed by atoms with Crippen molar-refractivity contribution in [3.63, 3.8) is 0 Å². The standard InChI is InChI=1S/C9H11NO2.ClH/c1-2-12-9(11)7-8-3-5-10-6-4-8;/h3-6H,2,7H2,1H3;1H. The molecule has 4 heteroatoms. The van der Waals surface area contributed by atoms with Gasteiger partial charge < -0.3 is 4.74 Å². The lowest BCUT2D eigenvalue weighted by Gasteiger charge is -2.00. The van der Waals surface area contributed by atoms with E-state index >= 15 is 0 Å². The Morgan fingerprint density at radius 3 is 2.62 bits per heavy atom. The molecule has 1 aromatic heterocycles. The smallest absolute Gasteiger partial charge is 0.310 e. The summed E-state index contributed by atoms with van der Waals surface area (Å²) in [4.78, 5) is 14.8. The summed E-state index contributed by atoms with van der Waals surface area (Å²) in [6.07, 6.45) is 3.65. The van der Waals surface area contributed by atoms with Crippen LogP contribution in [0.1, 0.15) is 12.5 Å². The fraction of sp³-hybridized carbons (Fsp3) is 0.333. The van der Waals surface area contributed by atoms with Crippen molar-refractivity contribution in [2.24, 2.45) is 0 Å². The molecule has 0 saturated carbocycles. The van der Waals surface area contributed by atoms with Gasteiger partial charge in [0, 0.05) is 12.4 Å². The number of carbonyl (C=O) groups excluding carboxylic acids is 1. The minimum atomic E-state index is -0.191. The van der Waals surface area contributed by atoms with Crippen molar-refractivity contribution in [2.75, 3.05) is 6.61 Å². The van der Waals surface area contributed by atoms with Crippen molar-refractivity contribution in [2.45, 2.75) is 13.3 Å². The van der Waals surface area contributed by atoms with Crippen molar-refractivity contribution in [1.82, 2.24) is 4.98 Å². The van der Waals surface area contributed by atoms with Crippen LogP contribution >= 0.6 is 12.4 Å². The van der Waals surface area contributed by atoms with Gasteiger partial charge >= 0.3 is 5.97 Å². The molecular formula is C9H12ClNO2. The second kappa shape index (κ2) is 6.43. The number of aromatic nitrogens is 1. The first-order valence-corrected chi connectivity index (χ1v) is 3.87. The second-order valence-corrected chi connectivity index (χ2v) is 2.34. The third-order valence-corrected chi connectivity index (χ3v) is 1.40. The molecule has 0 aliphatic heterocycles.